The van der Waals surface area contributed by atoms with Crippen LogP contribution in [0.5, 0.6) is 5.75 Å². The summed E-state index contributed by atoms with van der Waals surface area (Å²) in [5, 5.41) is 3.40. The van der Waals surface area contributed by atoms with Crippen molar-refractivity contribution in [3.63, 3.8) is 0 Å². The van der Waals surface area contributed by atoms with Crippen molar-refractivity contribution < 1.29 is 14.3 Å². The smallest absolute Gasteiger partial charge is 0.243 e. The Bertz CT molecular complexity index is 720. The molecule has 0 atom stereocenters. The molecule has 31 heavy (non-hydrogen) atoms. The van der Waals surface area contributed by atoms with Crippen molar-refractivity contribution in [2.75, 3.05) is 60.1 Å². The molecular formula is C23H37IN4O3. The molecule has 1 N–H and O–H groups in total. The number of nitrogens with zero attached hydrogens (tertiary/aromatic N) is 3. The molecule has 1 aliphatic heterocycles. The van der Waals surface area contributed by atoms with Crippen LogP contribution in [0, 0.1) is 0 Å². The Labute approximate surface area is 203 Å². The molecule has 8 heteroatoms. The van der Waals surface area contributed by atoms with Crippen LogP contribution in [0.1, 0.15) is 32.3 Å². The molecule has 1 aliphatic rings. The number of nitrogens with one attached hydrogen (secondary N) is 1. The van der Waals surface area contributed by atoms with E-state index in [0.717, 1.165) is 57.4 Å². The number of aliphatic imine (C=N–C) groups is 1. The first-order valence-corrected chi connectivity index (χ1v) is 10.8. The topological polar surface area (TPSA) is 66.4 Å². The van der Waals surface area contributed by atoms with Crippen LogP contribution in [0.4, 0.5) is 0 Å². The summed E-state index contributed by atoms with van der Waals surface area (Å²) in [6.45, 7) is 8.62. The summed E-state index contributed by atoms with van der Waals surface area (Å²) in [5.74, 6) is 1.67. The molecule has 0 radical (unpaired) electrons. The second-order valence-corrected chi connectivity index (χ2v) is 7.29. The van der Waals surface area contributed by atoms with Crippen LogP contribution in [0.15, 0.2) is 35.3 Å². The summed E-state index contributed by atoms with van der Waals surface area (Å²) in [5.41, 5.74) is 2.55. The number of halogens is 1. The predicted octanol–water partition coefficient (Wildman–Crippen LogP) is 3.25. The largest absolute Gasteiger partial charge is 0.494 e. The van der Waals surface area contributed by atoms with Gasteiger partial charge in [0.2, 0.25) is 5.91 Å². The van der Waals surface area contributed by atoms with E-state index in [-0.39, 0.29) is 36.4 Å². The van der Waals surface area contributed by atoms with Crippen molar-refractivity contribution in [1.82, 2.24) is 15.1 Å². The molecular weight excluding hydrogens is 507 g/mol. The van der Waals surface area contributed by atoms with E-state index < -0.39 is 0 Å². The van der Waals surface area contributed by atoms with E-state index in [9.17, 15) is 4.79 Å². The maximum Gasteiger partial charge on any atom is 0.243 e. The van der Waals surface area contributed by atoms with E-state index in [4.69, 9.17) is 9.47 Å². The van der Waals surface area contributed by atoms with E-state index >= 15 is 0 Å². The second-order valence-electron chi connectivity index (χ2n) is 7.29. The number of amides is 1. The van der Waals surface area contributed by atoms with Gasteiger partial charge in [-0.1, -0.05) is 18.2 Å². The van der Waals surface area contributed by atoms with E-state index in [2.05, 4.69) is 33.4 Å². The number of carbonyl (C=O) groups is 1. The van der Waals surface area contributed by atoms with Gasteiger partial charge >= 0.3 is 0 Å². The van der Waals surface area contributed by atoms with Crippen molar-refractivity contribution in [1.29, 1.82) is 0 Å². The minimum atomic E-state index is -0.00811. The molecule has 0 aromatic heterocycles. The maximum absolute atomic E-state index is 12.0. The minimum absolute atomic E-state index is 0. The Morgan fingerprint density at radius 1 is 1.19 bits per heavy atom. The lowest BCUT2D eigenvalue weighted by molar-refractivity contribution is -0.127. The summed E-state index contributed by atoms with van der Waals surface area (Å²) in [6, 6.07) is 8.27. The molecule has 7 nitrogen and oxygen atoms in total. The number of hydrogen-bond acceptors (Lipinski definition) is 4. The average Bonchev–Trinajstić information content (AvgIpc) is 2.76. The molecule has 1 aromatic rings. The SMILES string of the molecule is CCOCCCNC(=NCC(=O)N(C)C)N1CC=C(c2ccc(OCC)cc2)CC1.I. The fraction of sp³-hybridized carbons (Fsp3) is 0.565. The third-order valence-corrected chi connectivity index (χ3v) is 4.86. The first kappa shape index (κ1) is 27.2. The molecule has 0 saturated heterocycles. The van der Waals surface area contributed by atoms with Gasteiger partial charge in [0.05, 0.1) is 6.61 Å². The fourth-order valence-corrected chi connectivity index (χ4v) is 3.13. The van der Waals surface area contributed by atoms with Gasteiger partial charge in [-0.25, -0.2) is 4.99 Å². The lowest BCUT2D eigenvalue weighted by atomic mass is 9.99. The Morgan fingerprint density at radius 2 is 1.94 bits per heavy atom. The summed E-state index contributed by atoms with van der Waals surface area (Å²) in [6.07, 6.45) is 4.06. The van der Waals surface area contributed by atoms with Gasteiger partial charge in [0.1, 0.15) is 12.3 Å². The maximum atomic E-state index is 12.0. The monoisotopic (exact) mass is 544 g/mol. The standard InChI is InChI=1S/C23H36N4O3.HI/c1-5-29-17-7-14-24-23(25-18-22(28)26(3)4)27-15-12-20(13-16-27)19-8-10-21(11-9-19)30-6-2;/h8-12H,5-7,13-18H2,1-4H3,(H,24,25);1H. The summed E-state index contributed by atoms with van der Waals surface area (Å²) in [7, 11) is 3.50. The van der Waals surface area contributed by atoms with Gasteiger partial charge in [-0.3, -0.25) is 4.79 Å². The van der Waals surface area contributed by atoms with E-state index in [1.807, 2.05) is 26.0 Å². The van der Waals surface area contributed by atoms with Crippen LogP contribution in [0.2, 0.25) is 0 Å². The van der Waals surface area contributed by atoms with Gasteiger partial charge in [-0.05, 0) is 50.0 Å². The second kappa shape index (κ2) is 15.1. The van der Waals surface area contributed by atoms with Crippen LogP contribution in [-0.2, 0) is 9.53 Å². The highest BCUT2D eigenvalue weighted by Gasteiger charge is 2.17. The molecule has 1 aromatic carbocycles. The molecule has 0 bridgehead atoms. The number of carbonyl (C=O) groups excluding carboxylic acids is 1. The molecule has 2 rings (SSSR count). The molecule has 0 aliphatic carbocycles. The Morgan fingerprint density at radius 3 is 2.52 bits per heavy atom. The molecule has 174 valence electrons. The minimum Gasteiger partial charge on any atom is -0.494 e. The highest BCUT2D eigenvalue weighted by Crippen LogP contribution is 2.24. The quantitative estimate of drug-likeness (QED) is 0.212. The lowest BCUT2D eigenvalue weighted by Gasteiger charge is -2.30. The molecule has 0 saturated carbocycles. The number of ether oxygens (including phenoxy) is 2. The van der Waals surface area contributed by atoms with Crippen LogP contribution in [-0.4, -0.2) is 81.8 Å². The summed E-state index contributed by atoms with van der Waals surface area (Å²) >= 11 is 0. The zero-order chi connectivity index (χ0) is 21.8. The lowest BCUT2D eigenvalue weighted by Crippen LogP contribution is -2.44. The number of guanidine groups is 1. The number of benzene rings is 1. The Hall–Kier alpha value is -1.81. The van der Waals surface area contributed by atoms with Crippen molar-refractivity contribution >= 4 is 41.4 Å². The van der Waals surface area contributed by atoms with Crippen LogP contribution < -0.4 is 10.1 Å². The first-order valence-electron chi connectivity index (χ1n) is 10.8. The van der Waals surface area contributed by atoms with Crippen LogP contribution in [0.25, 0.3) is 5.57 Å². The molecule has 0 fully saturated rings. The number of hydrogen-bond donors (Lipinski definition) is 1. The third kappa shape index (κ3) is 9.47. The van der Waals surface area contributed by atoms with Gasteiger partial charge in [0.25, 0.3) is 0 Å². The van der Waals surface area contributed by atoms with Crippen LogP contribution in [0.3, 0.4) is 0 Å². The summed E-state index contributed by atoms with van der Waals surface area (Å²) < 4.78 is 10.9. The van der Waals surface area contributed by atoms with Crippen molar-refractivity contribution in [3.05, 3.63) is 35.9 Å². The fourth-order valence-electron chi connectivity index (χ4n) is 3.13. The zero-order valence-electron chi connectivity index (χ0n) is 19.2. The van der Waals surface area contributed by atoms with Gasteiger partial charge in [0, 0.05) is 46.9 Å². The Balaban J connectivity index is 0.00000480. The van der Waals surface area contributed by atoms with E-state index in [0.29, 0.717) is 6.61 Å². The van der Waals surface area contributed by atoms with Crippen molar-refractivity contribution in [2.24, 2.45) is 4.99 Å². The van der Waals surface area contributed by atoms with E-state index in [1.54, 1.807) is 19.0 Å². The summed E-state index contributed by atoms with van der Waals surface area (Å²) in [4.78, 5) is 20.3. The highest BCUT2D eigenvalue weighted by atomic mass is 127. The predicted molar refractivity (Wildman–Crippen MR) is 137 cm³/mol. The first-order chi connectivity index (χ1) is 14.5. The normalized spacial score (nSPS) is 13.9. The number of likely N-dealkylation sites (N-methyl/N-ethyl adjacent to an activating group) is 1. The number of rotatable bonds is 10. The average molecular weight is 544 g/mol. The Kier molecular flexibility index (Phi) is 13.2. The van der Waals surface area contributed by atoms with Gasteiger partial charge in [-0.15, -0.1) is 24.0 Å². The zero-order valence-corrected chi connectivity index (χ0v) is 21.6. The van der Waals surface area contributed by atoms with Crippen LogP contribution >= 0.6 is 24.0 Å². The molecule has 0 spiro atoms. The van der Waals surface area contributed by atoms with Gasteiger partial charge in [-0.2, -0.15) is 0 Å². The van der Waals surface area contributed by atoms with Gasteiger partial charge < -0.3 is 24.6 Å². The van der Waals surface area contributed by atoms with Crippen molar-refractivity contribution in [2.45, 2.75) is 26.7 Å². The van der Waals surface area contributed by atoms with Crippen molar-refractivity contribution in [3.8, 4) is 5.75 Å². The van der Waals surface area contributed by atoms with E-state index in [1.165, 1.54) is 11.1 Å². The molecule has 1 heterocycles. The highest BCUT2D eigenvalue weighted by molar-refractivity contribution is 14.0. The molecule has 1 amide bonds. The third-order valence-electron chi connectivity index (χ3n) is 4.86. The van der Waals surface area contributed by atoms with Gasteiger partial charge in [0.15, 0.2) is 5.96 Å². The molecule has 0 unspecified atom stereocenters.